The Morgan fingerprint density at radius 1 is 1.20 bits per heavy atom. The molecule has 0 aliphatic heterocycles. The van der Waals surface area contributed by atoms with Crippen molar-refractivity contribution in [2.45, 2.75) is 24.7 Å². The lowest BCUT2D eigenvalue weighted by atomic mass is 10.1. The number of methoxy groups -OCH3 is 1. The first kappa shape index (κ1) is 23.2. The molecule has 8 nitrogen and oxygen atoms in total. The van der Waals surface area contributed by atoms with E-state index < -0.39 is 16.0 Å². The Hall–Kier alpha value is -3.07. The number of para-hydroxylation sites is 1. The Kier molecular flexibility index (Phi) is 8.23. The number of carbonyl (C=O) groups excluding carboxylic acids is 1. The number of anilines is 1. The predicted octanol–water partition coefficient (Wildman–Crippen LogP) is 3.76. The second kappa shape index (κ2) is 10.6. The molecule has 9 heteroatoms. The van der Waals surface area contributed by atoms with Gasteiger partial charge in [-0.3, -0.25) is 0 Å². The number of unbranched alkanes of at least 4 members (excludes halogenated alkanes) is 1. The topological polar surface area (TPSA) is 97.3 Å². The minimum absolute atomic E-state index is 0.0702. The van der Waals surface area contributed by atoms with Crippen LogP contribution in [0.2, 0.25) is 0 Å². The molecule has 0 heterocycles. The molecule has 0 bridgehead atoms. The average Bonchev–Trinajstić information content (AvgIpc) is 2.73. The lowest BCUT2D eigenvalue weighted by Crippen LogP contribution is -2.13. The van der Waals surface area contributed by atoms with E-state index in [-0.39, 0.29) is 16.2 Å². The molecular weight excluding hydrogens is 406 g/mol. The highest BCUT2D eigenvalue weighted by Crippen LogP contribution is 2.38. The lowest BCUT2D eigenvalue weighted by Gasteiger charge is -2.17. The highest BCUT2D eigenvalue weighted by Gasteiger charge is 2.26. The summed E-state index contributed by atoms with van der Waals surface area (Å²) in [7, 11) is 0.378. The minimum Gasteiger partial charge on any atom is -0.465 e. The van der Waals surface area contributed by atoms with E-state index >= 15 is 0 Å². The normalized spacial score (nSPS) is 11.3. The van der Waals surface area contributed by atoms with Crippen LogP contribution in [0.3, 0.4) is 0 Å². The average molecular weight is 434 g/mol. The summed E-state index contributed by atoms with van der Waals surface area (Å²) < 4.78 is 40.5. The summed E-state index contributed by atoms with van der Waals surface area (Å²) in [4.78, 5) is 13.4. The second-order valence-corrected chi connectivity index (χ2v) is 8.30. The Morgan fingerprint density at radius 3 is 2.50 bits per heavy atom. The minimum atomic E-state index is -4.17. The molecule has 0 unspecified atom stereocenters. The highest BCUT2D eigenvalue weighted by molar-refractivity contribution is 7.90. The van der Waals surface area contributed by atoms with Gasteiger partial charge in [0.2, 0.25) is 0 Å². The quantitative estimate of drug-likeness (QED) is 0.264. The van der Waals surface area contributed by atoms with Crippen molar-refractivity contribution in [3.63, 3.8) is 0 Å². The molecule has 1 N–H and O–H groups in total. The molecule has 0 saturated carbocycles. The number of ether oxygens (including phenoxy) is 2. The van der Waals surface area contributed by atoms with Gasteiger partial charge in [0, 0.05) is 20.6 Å². The summed E-state index contributed by atoms with van der Waals surface area (Å²) in [5.74, 6) is -0.136. The van der Waals surface area contributed by atoms with E-state index in [9.17, 15) is 13.2 Å². The fourth-order valence-electron chi connectivity index (χ4n) is 2.49. The van der Waals surface area contributed by atoms with Gasteiger partial charge in [-0.15, -0.1) is 4.40 Å². The summed E-state index contributed by atoms with van der Waals surface area (Å²) in [5.41, 5.74) is 0.448. The number of hydrogen-bond acceptors (Lipinski definition) is 6. The predicted molar refractivity (Wildman–Crippen MR) is 117 cm³/mol. The molecule has 0 atom stereocenters. The van der Waals surface area contributed by atoms with E-state index in [0.29, 0.717) is 18.0 Å². The van der Waals surface area contributed by atoms with Crippen molar-refractivity contribution in [1.29, 1.82) is 0 Å². The maximum atomic E-state index is 13.0. The molecular formula is C21H27N3O5S. The van der Waals surface area contributed by atoms with Crippen LogP contribution in [0.25, 0.3) is 0 Å². The number of nitrogens with zero attached hydrogens (tertiary/aromatic N) is 2. The first-order chi connectivity index (χ1) is 14.3. The number of hydrogen-bond donors (Lipinski definition) is 1. The van der Waals surface area contributed by atoms with Crippen molar-refractivity contribution >= 4 is 28.0 Å². The molecule has 30 heavy (non-hydrogen) atoms. The van der Waals surface area contributed by atoms with Crippen LogP contribution >= 0.6 is 0 Å². The number of nitrogens with one attached hydrogen (secondary N) is 1. The van der Waals surface area contributed by atoms with Crippen LogP contribution in [0, 0.1) is 0 Å². The van der Waals surface area contributed by atoms with E-state index in [1.807, 2.05) is 13.0 Å². The van der Waals surface area contributed by atoms with E-state index in [1.54, 1.807) is 38.4 Å². The Bertz CT molecular complexity index is 989. The molecule has 0 spiro atoms. The fraction of sp³-hybridized carbons (Fsp3) is 0.333. The Labute approximate surface area is 177 Å². The number of rotatable bonds is 10. The number of carbonyl (C=O) groups is 1. The van der Waals surface area contributed by atoms with Gasteiger partial charge in [-0.1, -0.05) is 31.5 Å². The van der Waals surface area contributed by atoms with Crippen molar-refractivity contribution in [3.05, 3.63) is 48.0 Å². The SMILES string of the molecule is CCCCNc1cc(C(=O)OC)cc(S(=O)(=O)/N=C\N(C)C)c1Oc1ccccc1. The van der Waals surface area contributed by atoms with Crippen molar-refractivity contribution in [2.75, 3.05) is 33.1 Å². The standard InChI is InChI=1S/C21H27N3O5S/c1-5-6-12-22-18-13-16(21(25)28-4)14-19(30(26,27)23-15-24(2)3)20(18)29-17-10-8-7-9-11-17/h7-11,13-15,22H,5-6,12H2,1-4H3/b23-15-. The molecule has 0 fully saturated rings. The van der Waals surface area contributed by atoms with Crippen LogP contribution in [0.4, 0.5) is 5.69 Å². The number of esters is 1. The molecule has 0 aromatic heterocycles. The maximum Gasteiger partial charge on any atom is 0.337 e. The Morgan fingerprint density at radius 2 is 1.90 bits per heavy atom. The second-order valence-electron chi connectivity index (χ2n) is 6.70. The largest absolute Gasteiger partial charge is 0.465 e. The smallest absolute Gasteiger partial charge is 0.337 e. The maximum absolute atomic E-state index is 13.0. The van der Waals surface area contributed by atoms with Gasteiger partial charge in [-0.25, -0.2) is 4.79 Å². The van der Waals surface area contributed by atoms with Crippen molar-refractivity contribution < 1.29 is 22.7 Å². The van der Waals surface area contributed by atoms with E-state index in [1.165, 1.54) is 30.5 Å². The van der Waals surface area contributed by atoms with E-state index in [4.69, 9.17) is 9.47 Å². The van der Waals surface area contributed by atoms with Gasteiger partial charge in [-0.05, 0) is 30.7 Å². The molecule has 2 rings (SSSR count). The zero-order valence-electron chi connectivity index (χ0n) is 17.6. The van der Waals surface area contributed by atoms with E-state index in [2.05, 4.69) is 9.71 Å². The van der Waals surface area contributed by atoms with Gasteiger partial charge in [0.05, 0.1) is 18.4 Å². The summed E-state index contributed by atoms with van der Waals surface area (Å²) in [5, 5.41) is 3.17. The summed E-state index contributed by atoms with van der Waals surface area (Å²) in [6, 6.07) is 11.5. The molecule has 162 valence electrons. The molecule has 2 aromatic carbocycles. The van der Waals surface area contributed by atoms with Crippen LogP contribution in [-0.4, -0.2) is 53.4 Å². The van der Waals surface area contributed by atoms with E-state index in [0.717, 1.165) is 12.8 Å². The zero-order valence-corrected chi connectivity index (χ0v) is 18.4. The van der Waals surface area contributed by atoms with Crippen LogP contribution in [0.1, 0.15) is 30.1 Å². The van der Waals surface area contributed by atoms with Gasteiger partial charge in [0.25, 0.3) is 10.0 Å². The molecule has 2 aromatic rings. The van der Waals surface area contributed by atoms with Crippen molar-refractivity contribution in [1.82, 2.24) is 4.90 Å². The van der Waals surface area contributed by atoms with Gasteiger partial charge in [0.1, 0.15) is 17.0 Å². The summed E-state index contributed by atoms with van der Waals surface area (Å²) in [6.45, 7) is 2.62. The van der Waals surface area contributed by atoms with Crippen LogP contribution in [0.15, 0.2) is 51.8 Å². The molecule has 0 aliphatic rings. The first-order valence-corrected chi connectivity index (χ1v) is 10.9. The molecule has 0 amide bonds. The first-order valence-electron chi connectivity index (χ1n) is 9.48. The van der Waals surface area contributed by atoms with Crippen LogP contribution in [-0.2, 0) is 14.8 Å². The van der Waals surface area contributed by atoms with Crippen molar-refractivity contribution in [3.8, 4) is 11.5 Å². The molecule has 0 aliphatic carbocycles. The number of benzene rings is 2. The molecule has 0 saturated heterocycles. The number of sulfonamides is 1. The Balaban J connectivity index is 2.69. The van der Waals surface area contributed by atoms with Gasteiger partial charge in [0.15, 0.2) is 5.75 Å². The third-order valence-electron chi connectivity index (χ3n) is 3.98. The summed E-state index contributed by atoms with van der Waals surface area (Å²) in [6.07, 6.45) is 2.97. The third-order valence-corrected chi connectivity index (χ3v) is 5.21. The van der Waals surface area contributed by atoms with Gasteiger partial charge < -0.3 is 19.7 Å². The summed E-state index contributed by atoms with van der Waals surface area (Å²) >= 11 is 0. The third kappa shape index (κ3) is 6.21. The molecule has 0 radical (unpaired) electrons. The van der Waals surface area contributed by atoms with Crippen LogP contribution in [0.5, 0.6) is 11.5 Å². The van der Waals surface area contributed by atoms with Gasteiger partial charge >= 0.3 is 5.97 Å². The monoisotopic (exact) mass is 433 g/mol. The fourth-order valence-corrected chi connectivity index (χ4v) is 3.57. The van der Waals surface area contributed by atoms with Crippen molar-refractivity contribution in [2.24, 2.45) is 4.40 Å². The van der Waals surface area contributed by atoms with Gasteiger partial charge in [-0.2, -0.15) is 8.42 Å². The lowest BCUT2D eigenvalue weighted by molar-refractivity contribution is 0.0600. The zero-order chi connectivity index (χ0) is 22.1. The van der Waals surface area contributed by atoms with Crippen LogP contribution < -0.4 is 10.1 Å². The highest BCUT2D eigenvalue weighted by atomic mass is 32.2.